The summed E-state index contributed by atoms with van der Waals surface area (Å²) >= 11 is 0. The van der Waals surface area contributed by atoms with Crippen LogP contribution in [-0.2, 0) is 43.6 Å². The molecular formula is C80H98N2. The maximum atomic E-state index is 2.53. The Kier molecular flexibility index (Phi) is 15.1. The molecule has 0 atom stereocenters. The molecule has 0 saturated carbocycles. The summed E-state index contributed by atoms with van der Waals surface area (Å²) in [5.74, 6) is 0. The van der Waals surface area contributed by atoms with Crippen molar-refractivity contribution < 1.29 is 0 Å². The number of hydrogen-bond donors (Lipinski definition) is 0. The van der Waals surface area contributed by atoms with Crippen LogP contribution in [0.5, 0.6) is 0 Å². The van der Waals surface area contributed by atoms with E-state index in [0.29, 0.717) is 0 Å². The summed E-state index contributed by atoms with van der Waals surface area (Å²) in [7, 11) is 0. The summed E-state index contributed by atoms with van der Waals surface area (Å²) in [6.07, 6.45) is 0. The van der Waals surface area contributed by atoms with Gasteiger partial charge in [0.2, 0.25) is 0 Å². The van der Waals surface area contributed by atoms with Gasteiger partial charge in [-0.2, -0.15) is 0 Å². The number of hydrogen-bond acceptors (Lipinski definition) is 0. The summed E-state index contributed by atoms with van der Waals surface area (Å²) in [6, 6.07) is 60.9. The third-order valence-corrected chi connectivity index (χ3v) is 17.0. The van der Waals surface area contributed by atoms with Gasteiger partial charge in [-0.3, -0.25) is 0 Å². The van der Waals surface area contributed by atoms with E-state index in [4.69, 9.17) is 0 Å². The Hall–Kier alpha value is -6.64. The molecule has 2 heterocycles. The van der Waals surface area contributed by atoms with Gasteiger partial charge in [-0.25, -0.2) is 0 Å². The minimum atomic E-state index is -0.0554. The Bertz CT molecular complexity index is 3680. The van der Waals surface area contributed by atoms with E-state index in [9.17, 15) is 0 Å². The van der Waals surface area contributed by atoms with Crippen molar-refractivity contribution in [1.29, 1.82) is 0 Å². The molecule has 82 heavy (non-hydrogen) atoms. The average Bonchev–Trinajstić information content (AvgIpc) is 2.08. The zero-order chi connectivity index (χ0) is 60.2. The largest absolute Gasteiger partial charge is 0.335 e. The zero-order valence-electron chi connectivity index (χ0n) is 54.9. The number of fused-ring (bicyclic) bond motifs is 6. The molecule has 0 aliphatic carbocycles. The third kappa shape index (κ3) is 12.2. The molecule has 0 saturated heterocycles. The lowest BCUT2D eigenvalue weighted by Crippen LogP contribution is -2.21. The summed E-state index contributed by atoms with van der Waals surface area (Å²) in [5.41, 5.74) is 24.2. The highest BCUT2D eigenvalue weighted by atomic mass is 15.1. The number of aromatic nitrogens is 2. The van der Waals surface area contributed by atoms with E-state index < -0.39 is 0 Å². The van der Waals surface area contributed by atoms with Crippen molar-refractivity contribution in [2.45, 2.75) is 210 Å². The lowest BCUT2D eigenvalue weighted by molar-refractivity contribution is 0.423. The van der Waals surface area contributed by atoms with E-state index in [0.717, 1.165) is 0 Å². The zero-order valence-corrected chi connectivity index (χ0v) is 54.9. The molecule has 2 aromatic heterocycles. The molecule has 0 unspecified atom stereocenters. The van der Waals surface area contributed by atoms with E-state index in [1.165, 1.54) is 122 Å². The first-order chi connectivity index (χ1) is 37.7. The molecule has 0 aliphatic heterocycles. The molecule has 2 nitrogen and oxygen atoms in total. The number of nitrogens with zero attached hydrogens (tertiary/aromatic N) is 2. The van der Waals surface area contributed by atoms with Crippen LogP contribution in [0, 0.1) is 0 Å². The number of rotatable bonds is 4. The van der Waals surface area contributed by atoms with Gasteiger partial charge in [0.15, 0.2) is 0 Å². The second-order valence-electron chi connectivity index (χ2n) is 32.2. The van der Waals surface area contributed by atoms with Crippen LogP contribution in [0.1, 0.15) is 200 Å². The van der Waals surface area contributed by atoms with E-state index in [-0.39, 0.29) is 43.6 Å². The molecule has 428 valence electrons. The van der Waals surface area contributed by atoms with E-state index >= 15 is 0 Å². The van der Waals surface area contributed by atoms with Crippen LogP contribution in [0.2, 0.25) is 0 Å². The van der Waals surface area contributed by atoms with Gasteiger partial charge in [-0.15, -0.1) is 0 Å². The van der Waals surface area contributed by atoms with Crippen molar-refractivity contribution in [2.24, 2.45) is 0 Å². The molecule has 0 fully saturated rings. The minimum absolute atomic E-state index is 0.0221. The second kappa shape index (κ2) is 20.6. The maximum absolute atomic E-state index is 2.53. The summed E-state index contributed by atoms with van der Waals surface area (Å²) in [4.78, 5) is 0. The highest BCUT2D eigenvalue weighted by Gasteiger charge is 2.27. The molecule has 10 rings (SSSR count). The number of benzene rings is 8. The quantitative estimate of drug-likeness (QED) is 0.166. The predicted octanol–water partition coefficient (Wildman–Crippen LogP) is 23.6. The van der Waals surface area contributed by atoms with Gasteiger partial charge >= 0.3 is 0 Å². The summed E-state index contributed by atoms with van der Waals surface area (Å²) < 4.78 is 5.03. The fourth-order valence-corrected chi connectivity index (χ4v) is 11.9. The second-order valence-corrected chi connectivity index (χ2v) is 32.2. The topological polar surface area (TPSA) is 9.86 Å². The smallest absolute Gasteiger partial charge is 0.0496 e. The molecule has 0 aliphatic rings. The Labute approximate surface area is 495 Å². The predicted molar refractivity (Wildman–Crippen MR) is 363 cm³/mol. The molecule has 0 spiro atoms. The first-order valence-corrected chi connectivity index (χ1v) is 30.4. The Morgan fingerprint density at radius 3 is 0.573 bits per heavy atom. The van der Waals surface area contributed by atoms with E-state index in [1.807, 2.05) is 0 Å². The maximum Gasteiger partial charge on any atom is 0.0496 e. The van der Waals surface area contributed by atoms with Gasteiger partial charge in [0.25, 0.3) is 0 Å². The van der Waals surface area contributed by atoms with Gasteiger partial charge in [0.05, 0.1) is 0 Å². The van der Waals surface area contributed by atoms with Crippen LogP contribution in [0.25, 0.3) is 88.1 Å². The van der Waals surface area contributed by atoms with Crippen LogP contribution < -0.4 is 0 Å². The minimum Gasteiger partial charge on any atom is -0.335 e. The van der Waals surface area contributed by atoms with Crippen LogP contribution in [-0.4, -0.2) is 9.13 Å². The van der Waals surface area contributed by atoms with Gasteiger partial charge in [0.1, 0.15) is 0 Å². The van der Waals surface area contributed by atoms with Gasteiger partial charge in [-0.1, -0.05) is 234 Å². The molecule has 0 bridgehead atoms. The Balaban J connectivity index is 0.000000201. The monoisotopic (exact) mass is 1090 g/mol. The molecule has 10 aromatic rings. The molecule has 0 radical (unpaired) electrons. The fourth-order valence-electron chi connectivity index (χ4n) is 11.9. The van der Waals surface area contributed by atoms with Crippen molar-refractivity contribution in [3.8, 4) is 44.5 Å². The lowest BCUT2D eigenvalue weighted by Gasteiger charge is -2.26. The van der Waals surface area contributed by atoms with E-state index in [2.05, 4.69) is 333 Å². The Morgan fingerprint density at radius 1 is 0.183 bits per heavy atom. The van der Waals surface area contributed by atoms with Crippen molar-refractivity contribution in [1.82, 2.24) is 9.13 Å². The van der Waals surface area contributed by atoms with Crippen molar-refractivity contribution in [3.05, 3.63) is 191 Å². The van der Waals surface area contributed by atoms with Crippen LogP contribution >= 0.6 is 0 Å². The van der Waals surface area contributed by atoms with Gasteiger partial charge in [0, 0.05) is 54.7 Å². The standard InChI is InChI=1S/C44H57N.C36H41N/c1-40(2,3)32-20-30(21-33(26-32)41(4,5)6)28-16-18-38-36(24-28)37-25-29(17-19-39(37)45(38)44(13,14)15)31-22-34(42(7,8)9)27-35(23-31)43(10,11)12;1-34(2,3)28-16-10-24(11-17-28)26-14-20-32-30(22-26)31-23-27(15-21-33(31)37(32)36(7,8)9)25-12-18-29(19-13-25)35(4,5)6/h16-27H,1-15H3;10-23H,1-9H3. The Morgan fingerprint density at radius 2 is 0.378 bits per heavy atom. The van der Waals surface area contributed by atoms with Gasteiger partial charge < -0.3 is 9.13 Å². The average molecular weight is 1090 g/mol. The SMILES string of the molecule is CC(C)(C)c1cc(-c2ccc3c(c2)c2cc(-c4cc(C(C)(C)C)cc(C(C)(C)C)c4)ccc2n3C(C)(C)C)cc(C(C)(C)C)c1.CC(C)(C)c1ccc(-c2ccc3c(c2)c2cc(-c4ccc(C(C)(C)C)cc4)ccc2n3C(C)(C)C)cc1. The summed E-state index contributed by atoms with van der Waals surface area (Å²) in [5, 5.41) is 5.27. The molecule has 0 N–H and O–H groups in total. The summed E-state index contributed by atoms with van der Waals surface area (Å²) in [6.45, 7) is 55.3. The van der Waals surface area contributed by atoms with Gasteiger partial charge in [-0.05, 0) is 200 Å². The van der Waals surface area contributed by atoms with Crippen molar-refractivity contribution in [3.63, 3.8) is 0 Å². The van der Waals surface area contributed by atoms with Crippen LogP contribution in [0.3, 0.4) is 0 Å². The fraction of sp³-hybridized carbons (Fsp3) is 0.400. The first kappa shape index (κ1) is 60.0. The highest BCUT2D eigenvalue weighted by Crippen LogP contribution is 2.43. The van der Waals surface area contributed by atoms with Crippen LogP contribution in [0.4, 0.5) is 0 Å². The third-order valence-electron chi connectivity index (χ3n) is 17.0. The molecule has 8 aromatic carbocycles. The van der Waals surface area contributed by atoms with Crippen molar-refractivity contribution in [2.75, 3.05) is 0 Å². The molecule has 0 amide bonds. The van der Waals surface area contributed by atoms with E-state index in [1.54, 1.807) is 0 Å². The molecule has 2 heteroatoms. The van der Waals surface area contributed by atoms with Crippen molar-refractivity contribution >= 4 is 43.6 Å². The van der Waals surface area contributed by atoms with Crippen LogP contribution in [0.15, 0.2) is 158 Å². The lowest BCUT2D eigenvalue weighted by atomic mass is 9.78. The molecular weight excluding hydrogens is 989 g/mol. The normalized spacial score (nSPS) is 13.4. The highest BCUT2D eigenvalue weighted by molar-refractivity contribution is 6.12. The first-order valence-electron chi connectivity index (χ1n) is 30.4.